The third-order valence-corrected chi connectivity index (χ3v) is 1.29. The van der Waals surface area contributed by atoms with E-state index >= 15 is 0 Å². The van der Waals surface area contributed by atoms with E-state index in [0.717, 1.165) is 30.2 Å². The molecule has 1 rings (SSSR count). The highest BCUT2D eigenvalue weighted by molar-refractivity contribution is 8.20. The molecule has 0 atom stereocenters. The van der Waals surface area contributed by atoms with E-state index in [1.165, 1.54) is 0 Å². The third-order valence-electron chi connectivity index (χ3n) is 0.836. The Morgan fingerprint density at radius 2 is 2.12 bits per heavy atom. The van der Waals surface area contributed by atoms with Crippen molar-refractivity contribution < 1.29 is 0 Å². The van der Waals surface area contributed by atoms with Gasteiger partial charge in [0.2, 0.25) is 5.96 Å². The first-order valence-electron chi connectivity index (χ1n) is 2.27. The van der Waals surface area contributed by atoms with Gasteiger partial charge in [0, 0.05) is 13.1 Å². The molecular weight excluding hydrogens is 146 g/mol. The molecule has 0 amide bonds. The summed E-state index contributed by atoms with van der Waals surface area (Å²) in [5.74, 6) is 0.782. The fourth-order valence-electron chi connectivity index (χ4n) is 0.523. The average molecular weight is 152 g/mol. The van der Waals surface area contributed by atoms with Crippen molar-refractivity contribution in [3.8, 4) is 0 Å². The minimum atomic E-state index is 0.782. The molecule has 0 bridgehead atoms. The van der Waals surface area contributed by atoms with Crippen molar-refractivity contribution in [2.75, 3.05) is 13.1 Å². The number of guanidine groups is 1. The van der Waals surface area contributed by atoms with Crippen LogP contribution < -0.4 is 10.6 Å². The van der Waals surface area contributed by atoms with Gasteiger partial charge in [-0.2, -0.15) is 4.40 Å². The van der Waals surface area contributed by atoms with Gasteiger partial charge in [-0.3, -0.25) is 0 Å². The molecule has 1 heterocycles. The Kier molecular flexibility index (Phi) is 2.29. The molecule has 0 aromatic rings. The van der Waals surface area contributed by atoms with E-state index in [1.54, 1.807) is 0 Å². The Balaban J connectivity index is 2.33. The molecule has 0 saturated carbocycles. The summed E-state index contributed by atoms with van der Waals surface area (Å²) in [6.07, 6.45) is 0. The van der Waals surface area contributed by atoms with Gasteiger partial charge < -0.3 is 10.6 Å². The summed E-state index contributed by atoms with van der Waals surface area (Å²) in [7, 11) is 5.23. The lowest BCUT2D eigenvalue weighted by Crippen LogP contribution is -2.22. The second-order valence-corrected chi connectivity index (χ2v) is 2.10. The smallest absolute Gasteiger partial charge is 0.204 e. The fraction of sp³-hybridized carbons (Fsp3) is 0.667. The highest BCUT2D eigenvalue weighted by Gasteiger charge is 2.02. The standard InChI is InChI=1S/C3H6ClN3S/c4-8-7-3-5-1-2-6-3/h1-2H2,(H2,5,6,7). The van der Waals surface area contributed by atoms with Crippen LogP contribution in [0.1, 0.15) is 0 Å². The Bertz CT molecular complexity index is 96.7. The zero-order chi connectivity index (χ0) is 5.82. The van der Waals surface area contributed by atoms with Gasteiger partial charge in [-0.1, -0.05) is 0 Å². The van der Waals surface area contributed by atoms with Crippen LogP contribution in [0.3, 0.4) is 0 Å². The van der Waals surface area contributed by atoms with E-state index in [0.29, 0.717) is 0 Å². The van der Waals surface area contributed by atoms with E-state index < -0.39 is 0 Å². The third kappa shape index (κ3) is 1.45. The lowest BCUT2D eigenvalue weighted by Gasteiger charge is -1.91. The maximum Gasteiger partial charge on any atom is 0.204 e. The predicted octanol–water partition coefficient (Wildman–Crippen LogP) is 0.337. The zero-order valence-corrected chi connectivity index (χ0v) is 5.72. The van der Waals surface area contributed by atoms with Crippen LogP contribution in [0.2, 0.25) is 0 Å². The molecule has 3 nitrogen and oxygen atoms in total. The zero-order valence-electron chi connectivity index (χ0n) is 4.15. The number of nitrogens with one attached hydrogen (secondary N) is 2. The highest BCUT2D eigenvalue weighted by atomic mass is 35.7. The minimum absolute atomic E-state index is 0.782. The molecule has 0 aromatic heterocycles. The van der Waals surface area contributed by atoms with Crippen molar-refractivity contribution in [2.24, 2.45) is 4.40 Å². The van der Waals surface area contributed by atoms with E-state index in [-0.39, 0.29) is 0 Å². The van der Waals surface area contributed by atoms with Crippen molar-refractivity contribution in [3.05, 3.63) is 0 Å². The van der Waals surface area contributed by atoms with Crippen LogP contribution in [0.4, 0.5) is 0 Å². The van der Waals surface area contributed by atoms with Crippen molar-refractivity contribution in [3.63, 3.8) is 0 Å². The average Bonchev–Trinajstić information content (AvgIpc) is 2.19. The first-order chi connectivity index (χ1) is 3.93. The van der Waals surface area contributed by atoms with Gasteiger partial charge in [-0.25, -0.2) is 0 Å². The minimum Gasteiger partial charge on any atom is -0.354 e. The molecular formula is C3H6ClN3S. The van der Waals surface area contributed by atoms with Gasteiger partial charge in [0.25, 0.3) is 0 Å². The van der Waals surface area contributed by atoms with Gasteiger partial charge in [0.15, 0.2) is 0 Å². The van der Waals surface area contributed by atoms with E-state index in [4.69, 9.17) is 10.7 Å². The molecule has 1 saturated heterocycles. The van der Waals surface area contributed by atoms with Crippen LogP contribution in [0.25, 0.3) is 0 Å². The largest absolute Gasteiger partial charge is 0.354 e. The van der Waals surface area contributed by atoms with Crippen LogP contribution in [-0.2, 0) is 0 Å². The summed E-state index contributed by atoms with van der Waals surface area (Å²) in [6.45, 7) is 1.88. The van der Waals surface area contributed by atoms with Crippen LogP contribution in [-0.4, -0.2) is 19.0 Å². The Morgan fingerprint density at radius 1 is 1.50 bits per heavy atom. The molecule has 1 aliphatic heterocycles. The van der Waals surface area contributed by atoms with Crippen LogP contribution in [0.15, 0.2) is 4.40 Å². The first kappa shape index (κ1) is 6.04. The molecule has 8 heavy (non-hydrogen) atoms. The molecule has 0 spiro atoms. The molecule has 0 aliphatic carbocycles. The normalized spacial score (nSPS) is 17.4. The Labute approximate surface area is 56.5 Å². The molecule has 46 valence electrons. The van der Waals surface area contributed by atoms with Crippen LogP contribution >= 0.6 is 21.8 Å². The summed E-state index contributed by atoms with van der Waals surface area (Å²) in [5, 5.41) is 5.98. The summed E-state index contributed by atoms with van der Waals surface area (Å²) in [5.41, 5.74) is 0. The van der Waals surface area contributed by atoms with Crippen molar-refractivity contribution in [1.82, 2.24) is 10.6 Å². The SMILES string of the molecule is ClSN=C1NCCN1. The number of halogens is 1. The van der Waals surface area contributed by atoms with Crippen molar-refractivity contribution in [2.45, 2.75) is 0 Å². The van der Waals surface area contributed by atoms with E-state index in [2.05, 4.69) is 15.0 Å². The highest BCUT2D eigenvalue weighted by Crippen LogP contribution is 2.06. The first-order valence-corrected chi connectivity index (χ1v) is 3.87. The van der Waals surface area contributed by atoms with Gasteiger partial charge in [0.05, 0.1) is 11.2 Å². The molecule has 0 unspecified atom stereocenters. The summed E-state index contributed by atoms with van der Waals surface area (Å²) >= 11 is 0.934. The predicted molar refractivity (Wildman–Crippen MR) is 36.9 cm³/mol. The second kappa shape index (κ2) is 3.04. The van der Waals surface area contributed by atoms with Gasteiger partial charge in [-0.15, -0.1) is 0 Å². The lowest BCUT2D eigenvalue weighted by molar-refractivity contribution is 0.942. The van der Waals surface area contributed by atoms with Gasteiger partial charge in [-0.05, 0) is 10.7 Å². The number of hydrogen-bond acceptors (Lipinski definition) is 2. The van der Waals surface area contributed by atoms with Gasteiger partial charge >= 0.3 is 0 Å². The van der Waals surface area contributed by atoms with E-state index in [1.807, 2.05) is 0 Å². The van der Waals surface area contributed by atoms with Crippen molar-refractivity contribution in [1.29, 1.82) is 0 Å². The Hall–Kier alpha value is -0.0900. The summed E-state index contributed by atoms with van der Waals surface area (Å²) in [4.78, 5) is 0. The number of rotatable bonds is 1. The number of nitrogens with zero attached hydrogens (tertiary/aromatic N) is 1. The van der Waals surface area contributed by atoms with Crippen LogP contribution in [0, 0.1) is 0 Å². The van der Waals surface area contributed by atoms with Crippen LogP contribution in [0.5, 0.6) is 0 Å². The monoisotopic (exact) mass is 151 g/mol. The number of hydrogen-bond donors (Lipinski definition) is 2. The fourth-order valence-corrected chi connectivity index (χ4v) is 0.928. The molecule has 0 aromatic carbocycles. The second-order valence-electron chi connectivity index (χ2n) is 1.36. The topological polar surface area (TPSA) is 36.4 Å². The van der Waals surface area contributed by atoms with Gasteiger partial charge in [0.1, 0.15) is 0 Å². The summed E-state index contributed by atoms with van der Waals surface area (Å²) in [6, 6.07) is 0. The Morgan fingerprint density at radius 3 is 2.62 bits per heavy atom. The molecule has 5 heteroatoms. The lowest BCUT2D eigenvalue weighted by atomic mass is 10.7. The quantitative estimate of drug-likeness (QED) is 0.531. The maximum atomic E-state index is 5.23. The molecule has 1 aliphatic rings. The molecule has 2 N–H and O–H groups in total. The molecule has 0 radical (unpaired) electrons. The van der Waals surface area contributed by atoms with E-state index in [9.17, 15) is 0 Å². The maximum absolute atomic E-state index is 5.23. The molecule has 1 fully saturated rings. The van der Waals surface area contributed by atoms with Crippen molar-refractivity contribution >= 4 is 27.8 Å². The summed E-state index contributed by atoms with van der Waals surface area (Å²) < 4.78 is 3.80.